The summed E-state index contributed by atoms with van der Waals surface area (Å²) in [7, 11) is 2.00. The van der Waals surface area contributed by atoms with Crippen molar-refractivity contribution in [2.45, 2.75) is 32.7 Å². The molecule has 0 aliphatic heterocycles. The van der Waals surface area contributed by atoms with Crippen LogP contribution in [0.2, 0.25) is 0 Å². The third kappa shape index (κ3) is 1.98. The smallest absolute Gasteiger partial charge is 0.0492 e. The highest BCUT2D eigenvalue weighted by Gasteiger charge is 2.44. The van der Waals surface area contributed by atoms with Gasteiger partial charge in [-0.15, -0.1) is 0 Å². The lowest BCUT2D eigenvalue weighted by atomic mass is 10.2. The highest BCUT2D eigenvalue weighted by atomic mass is 15.3. The van der Waals surface area contributed by atoms with E-state index in [-0.39, 0.29) is 0 Å². The zero-order valence-corrected chi connectivity index (χ0v) is 9.25. The molecule has 0 saturated heterocycles. The van der Waals surface area contributed by atoms with Crippen LogP contribution in [0.4, 0.5) is 0 Å². The Morgan fingerprint density at radius 1 is 1.64 bits per heavy atom. The first-order chi connectivity index (χ1) is 6.59. The molecule has 0 bridgehead atoms. The van der Waals surface area contributed by atoms with E-state index in [2.05, 4.69) is 30.3 Å². The maximum absolute atomic E-state index is 4.15. The molecule has 1 aromatic heterocycles. The quantitative estimate of drug-likeness (QED) is 0.782. The summed E-state index contributed by atoms with van der Waals surface area (Å²) in [5.41, 5.74) is 1.84. The zero-order valence-electron chi connectivity index (χ0n) is 9.25. The number of aromatic nitrogens is 2. The van der Waals surface area contributed by atoms with E-state index >= 15 is 0 Å². The number of aryl methyl sites for hydroxylation is 1. The molecule has 0 aromatic carbocycles. The van der Waals surface area contributed by atoms with Gasteiger partial charge in [0.1, 0.15) is 0 Å². The van der Waals surface area contributed by atoms with Crippen LogP contribution in [0.3, 0.4) is 0 Å². The fourth-order valence-corrected chi connectivity index (χ4v) is 1.84. The molecule has 0 spiro atoms. The molecule has 0 amide bonds. The van der Waals surface area contributed by atoms with Crippen molar-refractivity contribution in [3.8, 4) is 0 Å². The van der Waals surface area contributed by atoms with Gasteiger partial charge in [0.05, 0.1) is 0 Å². The van der Waals surface area contributed by atoms with Crippen molar-refractivity contribution in [3.63, 3.8) is 0 Å². The minimum Gasteiger partial charge on any atom is -0.313 e. The van der Waals surface area contributed by atoms with Gasteiger partial charge in [0, 0.05) is 37.9 Å². The predicted octanol–water partition coefficient (Wildman–Crippen LogP) is 1.35. The van der Waals surface area contributed by atoms with Gasteiger partial charge in [-0.1, -0.05) is 13.8 Å². The van der Waals surface area contributed by atoms with E-state index in [1.165, 1.54) is 12.1 Å². The standard InChI is InChI=1S/C11H19N3/c1-11(2)8-10(11)12-6-4-9-5-7-13-14(9)3/h5,7,10,12H,4,6,8H2,1-3H3. The molecule has 3 heteroatoms. The second-order valence-corrected chi connectivity index (χ2v) is 4.90. The van der Waals surface area contributed by atoms with Gasteiger partial charge < -0.3 is 5.32 Å². The molecule has 1 atom stereocenters. The Morgan fingerprint density at radius 2 is 2.36 bits per heavy atom. The average Bonchev–Trinajstić information content (AvgIpc) is 2.53. The van der Waals surface area contributed by atoms with Gasteiger partial charge >= 0.3 is 0 Å². The van der Waals surface area contributed by atoms with E-state index in [1.807, 2.05) is 17.9 Å². The first-order valence-electron chi connectivity index (χ1n) is 5.30. The van der Waals surface area contributed by atoms with Crippen LogP contribution in [0.25, 0.3) is 0 Å². The molecule has 1 unspecified atom stereocenters. The van der Waals surface area contributed by atoms with E-state index < -0.39 is 0 Å². The minimum absolute atomic E-state index is 0.534. The van der Waals surface area contributed by atoms with Gasteiger partial charge in [0.25, 0.3) is 0 Å². The highest BCUT2D eigenvalue weighted by molar-refractivity contribution is 5.04. The monoisotopic (exact) mass is 193 g/mol. The fourth-order valence-electron chi connectivity index (χ4n) is 1.84. The lowest BCUT2D eigenvalue weighted by molar-refractivity contribution is 0.538. The van der Waals surface area contributed by atoms with E-state index in [0.717, 1.165) is 19.0 Å². The molecule has 1 aliphatic rings. The zero-order chi connectivity index (χ0) is 10.2. The van der Waals surface area contributed by atoms with Crippen molar-refractivity contribution < 1.29 is 0 Å². The summed E-state index contributed by atoms with van der Waals surface area (Å²) < 4.78 is 1.94. The van der Waals surface area contributed by atoms with Crippen molar-refractivity contribution in [1.29, 1.82) is 0 Å². The third-order valence-electron chi connectivity index (χ3n) is 3.21. The topological polar surface area (TPSA) is 29.9 Å². The van der Waals surface area contributed by atoms with Crippen molar-refractivity contribution in [1.82, 2.24) is 15.1 Å². The van der Waals surface area contributed by atoms with E-state index in [0.29, 0.717) is 5.41 Å². The van der Waals surface area contributed by atoms with Crippen LogP contribution in [0.5, 0.6) is 0 Å². The Hall–Kier alpha value is -0.830. The van der Waals surface area contributed by atoms with Crippen LogP contribution in [0.15, 0.2) is 12.3 Å². The van der Waals surface area contributed by atoms with Gasteiger partial charge in [0.15, 0.2) is 0 Å². The van der Waals surface area contributed by atoms with Gasteiger partial charge in [-0.05, 0) is 17.9 Å². The van der Waals surface area contributed by atoms with Crippen LogP contribution < -0.4 is 5.32 Å². The van der Waals surface area contributed by atoms with Crippen LogP contribution in [-0.4, -0.2) is 22.4 Å². The molecule has 1 fully saturated rings. The highest BCUT2D eigenvalue weighted by Crippen LogP contribution is 2.44. The maximum atomic E-state index is 4.15. The summed E-state index contributed by atoms with van der Waals surface area (Å²) in [4.78, 5) is 0. The van der Waals surface area contributed by atoms with Crippen LogP contribution >= 0.6 is 0 Å². The molecule has 78 valence electrons. The Bertz CT molecular complexity index is 314. The number of hydrogen-bond donors (Lipinski definition) is 1. The molecule has 1 saturated carbocycles. The normalized spacial score (nSPS) is 23.8. The largest absolute Gasteiger partial charge is 0.313 e. The lowest BCUT2D eigenvalue weighted by Gasteiger charge is -2.06. The van der Waals surface area contributed by atoms with E-state index in [1.54, 1.807) is 0 Å². The Kier molecular flexibility index (Phi) is 2.35. The molecule has 1 heterocycles. The molecule has 1 aromatic rings. The Balaban J connectivity index is 1.72. The van der Waals surface area contributed by atoms with E-state index in [9.17, 15) is 0 Å². The van der Waals surface area contributed by atoms with Crippen LogP contribution in [-0.2, 0) is 13.5 Å². The van der Waals surface area contributed by atoms with Crippen molar-refractivity contribution >= 4 is 0 Å². The Labute approximate surface area is 85.5 Å². The summed E-state index contributed by atoms with van der Waals surface area (Å²) in [6, 6.07) is 2.82. The van der Waals surface area contributed by atoms with Crippen molar-refractivity contribution in [2.24, 2.45) is 12.5 Å². The number of nitrogens with zero attached hydrogens (tertiary/aromatic N) is 2. The second-order valence-electron chi connectivity index (χ2n) is 4.90. The van der Waals surface area contributed by atoms with Gasteiger partial charge in [-0.2, -0.15) is 5.10 Å². The molecular weight excluding hydrogens is 174 g/mol. The summed E-state index contributed by atoms with van der Waals surface area (Å²) in [5, 5.41) is 7.72. The third-order valence-corrected chi connectivity index (χ3v) is 3.21. The van der Waals surface area contributed by atoms with E-state index in [4.69, 9.17) is 0 Å². The average molecular weight is 193 g/mol. The number of nitrogens with one attached hydrogen (secondary N) is 1. The summed E-state index contributed by atoms with van der Waals surface area (Å²) >= 11 is 0. The van der Waals surface area contributed by atoms with Crippen LogP contribution in [0.1, 0.15) is 26.0 Å². The predicted molar refractivity (Wildman–Crippen MR) is 57.1 cm³/mol. The van der Waals surface area contributed by atoms with Crippen LogP contribution in [0, 0.1) is 5.41 Å². The molecule has 0 radical (unpaired) electrons. The molecular formula is C11H19N3. The lowest BCUT2D eigenvalue weighted by Crippen LogP contribution is -2.23. The van der Waals surface area contributed by atoms with Gasteiger partial charge in [-0.25, -0.2) is 0 Å². The van der Waals surface area contributed by atoms with Gasteiger partial charge in [-0.3, -0.25) is 4.68 Å². The summed E-state index contributed by atoms with van der Waals surface area (Å²) in [6.45, 7) is 5.69. The van der Waals surface area contributed by atoms with Gasteiger partial charge in [0.2, 0.25) is 0 Å². The molecule has 14 heavy (non-hydrogen) atoms. The SMILES string of the molecule is Cn1nccc1CCNC1CC1(C)C. The second kappa shape index (κ2) is 3.39. The Morgan fingerprint density at radius 3 is 2.86 bits per heavy atom. The fraction of sp³-hybridized carbons (Fsp3) is 0.727. The summed E-state index contributed by atoms with van der Waals surface area (Å²) in [5.74, 6) is 0. The summed E-state index contributed by atoms with van der Waals surface area (Å²) in [6.07, 6.45) is 4.25. The number of rotatable bonds is 4. The first-order valence-corrected chi connectivity index (χ1v) is 5.30. The number of hydrogen-bond acceptors (Lipinski definition) is 2. The van der Waals surface area contributed by atoms with Crippen molar-refractivity contribution in [3.05, 3.63) is 18.0 Å². The maximum Gasteiger partial charge on any atom is 0.0492 e. The molecule has 2 rings (SSSR count). The minimum atomic E-state index is 0.534. The first kappa shape index (κ1) is 9.71. The van der Waals surface area contributed by atoms with Crippen molar-refractivity contribution in [2.75, 3.05) is 6.54 Å². The molecule has 1 aliphatic carbocycles. The molecule has 1 N–H and O–H groups in total. The molecule has 3 nitrogen and oxygen atoms in total.